The summed E-state index contributed by atoms with van der Waals surface area (Å²) in [5.74, 6) is -0.270. The van der Waals surface area contributed by atoms with Gasteiger partial charge in [-0.05, 0) is 36.1 Å². The van der Waals surface area contributed by atoms with Crippen LogP contribution in [0.5, 0.6) is 0 Å². The standard InChI is InChI=1S/C14H17FN2S/c1-2-4-12(14-5-3-8-18-14)17-13-9-10(15)6-7-11(13)16/h3,5-9,12,17H,2,4,16H2,1H3. The number of hydrogen-bond acceptors (Lipinski definition) is 3. The molecule has 0 aliphatic heterocycles. The van der Waals surface area contributed by atoms with Crippen LogP contribution in [0.1, 0.15) is 30.7 Å². The minimum atomic E-state index is -0.270. The summed E-state index contributed by atoms with van der Waals surface area (Å²) in [7, 11) is 0. The summed E-state index contributed by atoms with van der Waals surface area (Å²) in [4.78, 5) is 1.25. The van der Waals surface area contributed by atoms with Crippen molar-refractivity contribution in [2.24, 2.45) is 0 Å². The van der Waals surface area contributed by atoms with Gasteiger partial charge in [-0.25, -0.2) is 4.39 Å². The Morgan fingerprint density at radius 3 is 2.89 bits per heavy atom. The quantitative estimate of drug-likeness (QED) is 0.784. The lowest BCUT2D eigenvalue weighted by molar-refractivity contribution is 0.627. The van der Waals surface area contributed by atoms with Gasteiger partial charge in [0.15, 0.2) is 0 Å². The highest BCUT2D eigenvalue weighted by molar-refractivity contribution is 7.10. The van der Waals surface area contributed by atoms with Crippen LogP contribution in [0, 0.1) is 5.82 Å². The van der Waals surface area contributed by atoms with E-state index in [-0.39, 0.29) is 11.9 Å². The molecule has 0 spiro atoms. The zero-order chi connectivity index (χ0) is 13.0. The highest BCUT2D eigenvalue weighted by Crippen LogP contribution is 2.30. The minimum absolute atomic E-state index is 0.194. The van der Waals surface area contributed by atoms with Gasteiger partial charge in [0, 0.05) is 4.88 Å². The van der Waals surface area contributed by atoms with Crippen molar-refractivity contribution in [2.75, 3.05) is 11.1 Å². The predicted molar refractivity (Wildman–Crippen MR) is 76.4 cm³/mol. The van der Waals surface area contributed by atoms with E-state index in [0.717, 1.165) is 12.8 Å². The zero-order valence-electron chi connectivity index (χ0n) is 10.3. The van der Waals surface area contributed by atoms with Crippen LogP contribution in [0.25, 0.3) is 0 Å². The van der Waals surface area contributed by atoms with Crippen LogP contribution in [0.4, 0.5) is 15.8 Å². The smallest absolute Gasteiger partial charge is 0.125 e. The van der Waals surface area contributed by atoms with E-state index in [9.17, 15) is 4.39 Å². The normalized spacial score (nSPS) is 12.3. The van der Waals surface area contributed by atoms with Gasteiger partial charge in [-0.1, -0.05) is 19.4 Å². The van der Waals surface area contributed by atoms with Crippen molar-refractivity contribution < 1.29 is 4.39 Å². The van der Waals surface area contributed by atoms with E-state index in [1.807, 2.05) is 6.07 Å². The number of benzene rings is 1. The molecule has 1 aromatic heterocycles. The van der Waals surface area contributed by atoms with Gasteiger partial charge >= 0.3 is 0 Å². The molecule has 1 aromatic carbocycles. The Hall–Kier alpha value is -1.55. The Morgan fingerprint density at radius 2 is 2.22 bits per heavy atom. The molecule has 0 aliphatic rings. The molecule has 1 heterocycles. The first-order chi connectivity index (χ1) is 8.70. The molecule has 0 radical (unpaired) electrons. The van der Waals surface area contributed by atoms with Gasteiger partial charge in [0.1, 0.15) is 5.82 Å². The maximum absolute atomic E-state index is 13.2. The number of hydrogen-bond donors (Lipinski definition) is 2. The average Bonchev–Trinajstić information content (AvgIpc) is 2.87. The molecule has 18 heavy (non-hydrogen) atoms. The van der Waals surface area contributed by atoms with Crippen molar-refractivity contribution in [3.05, 3.63) is 46.4 Å². The van der Waals surface area contributed by atoms with Crippen molar-refractivity contribution >= 4 is 22.7 Å². The second-order valence-electron chi connectivity index (χ2n) is 4.23. The van der Waals surface area contributed by atoms with E-state index in [4.69, 9.17) is 5.73 Å². The van der Waals surface area contributed by atoms with E-state index in [1.54, 1.807) is 17.4 Å². The number of rotatable bonds is 5. The second-order valence-corrected chi connectivity index (χ2v) is 5.21. The second kappa shape index (κ2) is 5.87. The largest absolute Gasteiger partial charge is 0.397 e. The number of halogens is 1. The van der Waals surface area contributed by atoms with Crippen LogP contribution in [-0.2, 0) is 0 Å². The summed E-state index contributed by atoms with van der Waals surface area (Å²) in [6, 6.07) is 8.73. The van der Waals surface area contributed by atoms with Crippen LogP contribution in [-0.4, -0.2) is 0 Å². The van der Waals surface area contributed by atoms with Crippen molar-refractivity contribution in [1.82, 2.24) is 0 Å². The predicted octanol–water partition coefficient (Wildman–Crippen LogP) is 4.42. The molecule has 0 saturated heterocycles. The molecule has 96 valence electrons. The molecule has 1 unspecified atom stereocenters. The van der Waals surface area contributed by atoms with Gasteiger partial charge in [-0.15, -0.1) is 11.3 Å². The number of thiophene rings is 1. The molecule has 1 atom stereocenters. The SMILES string of the molecule is CCCC(Nc1cc(F)ccc1N)c1cccs1. The van der Waals surface area contributed by atoms with Crippen molar-refractivity contribution in [3.63, 3.8) is 0 Å². The van der Waals surface area contributed by atoms with Gasteiger partial charge in [0.05, 0.1) is 17.4 Å². The summed E-state index contributed by atoms with van der Waals surface area (Å²) < 4.78 is 13.2. The Kier molecular flexibility index (Phi) is 4.20. The highest BCUT2D eigenvalue weighted by Gasteiger charge is 2.13. The lowest BCUT2D eigenvalue weighted by atomic mass is 10.1. The molecular weight excluding hydrogens is 247 g/mol. The Morgan fingerprint density at radius 1 is 1.39 bits per heavy atom. The summed E-state index contributed by atoms with van der Waals surface area (Å²) in [6.07, 6.45) is 2.06. The van der Waals surface area contributed by atoms with Crippen LogP contribution < -0.4 is 11.1 Å². The number of anilines is 2. The third-order valence-electron chi connectivity index (χ3n) is 2.81. The van der Waals surface area contributed by atoms with Gasteiger partial charge in [-0.3, -0.25) is 0 Å². The Balaban J connectivity index is 2.21. The minimum Gasteiger partial charge on any atom is -0.397 e. The first kappa shape index (κ1) is 12.9. The molecule has 0 fully saturated rings. The number of nitrogens with one attached hydrogen (secondary N) is 1. The van der Waals surface area contributed by atoms with Gasteiger partial charge in [0.2, 0.25) is 0 Å². The summed E-state index contributed by atoms with van der Waals surface area (Å²) in [5, 5.41) is 5.39. The molecule has 2 nitrogen and oxygen atoms in total. The van der Waals surface area contributed by atoms with E-state index < -0.39 is 0 Å². The van der Waals surface area contributed by atoms with Crippen molar-refractivity contribution in [1.29, 1.82) is 0 Å². The Bertz CT molecular complexity index is 497. The summed E-state index contributed by atoms with van der Waals surface area (Å²) >= 11 is 1.70. The maximum Gasteiger partial charge on any atom is 0.125 e. The molecular formula is C14H17FN2S. The fourth-order valence-corrected chi connectivity index (χ4v) is 2.72. The topological polar surface area (TPSA) is 38.0 Å². The third kappa shape index (κ3) is 3.01. The first-order valence-corrected chi connectivity index (χ1v) is 6.93. The lowest BCUT2D eigenvalue weighted by Crippen LogP contribution is -2.10. The molecule has 0 amide bonds. The molecule has 4 heteroatoms. The van der Waals surface area contributed by atoms with E-state index >= 15 is 0 Å². The third-order valence-corrected chi connectivity index (χ3v) is 3.80. The molecule has 0 bridgehead atoms. The monoisotopic (exact) mass is 264 g/mol. The van der Waals surface area contributed by atoms with Crippen LogP contribution >= 0.6 is 11.3 Å². The van der Waals surface area contributed by atoms with E-state index in [2.05, 4.69) is 23.7 Å². The number of nitrogen functional groups attached to an aromatic ring is 1. The molecule has 2 aromatic rings. The molecule has 0 saturated carbocycles. The van der Waals surface area contributed by atoms with Crippen LogP contribution in [0.15, 0.2) is 35.7 Å². The van der Waals surface area contributed by atoms with Crippen LogP contribution in [0.2, 0.25) is 0 Å². The summed E-state index contributed by atoms with van der Waals surface area (Å²) in [6.45, 7) is 2.14. The fourth-order valence-electron chi connectivity index (χ4n) is 1.90. The van der Waals surface area contributed by atoms with E-state index in [0.29, 0.717) is 11.4 Å². The van der Waals surface area contributed by atoms with Crippen molar-refractivity contribution in [3.8, 4) is 0 Å². The molecule has 0 aliphatic carbocycles. The lowest BCUT2D eigenvalue weighted by Gasteiger charge is -2.19. The fraction of sp³-hybridized carbons (Fsp3) is 0.286. The zero-order valence-corrected chi connectivity index (χ0v) is 11.1. The molecule has 3 N–H and O–H groups in total. The van der Waals surface area contributed by atoms with E-state index in [1.165, 1.54) is 17.0 Å². The number of nitrogens with two attached hydrogens (primary N) is 1. The molecule has 2 rings (SSSR count). The van der Waals surface area contributed by atoms with Crippen molar-refractivity contribution in [2.45, 2.75) is 25.8 Å². The Labute approximate surface area is 111 Å². The first-order valence-electron chi connectivity index (χ1n) is 6.05. The van der Waals surface area contributed by atoms with Gasteiger partial charge < -0.3 is 11.1 Å². The highest BCUT2D eigenvalue weighted by atomic mass is 32.1. The van der Waals surface area contributed by atoms with Gasteiger partial charge in [-0.2, -0.15) is 0 Å². The van der Waals surface area contributed by atoms with Crippen LogP contribution in [0.3, 0.4) is 0 Å². The maximum atomic E-state index is 13.2. The average molecular weight is 264 g/mol. The van der Waals surface area contributed by atoms with Gasteiger partial charge in [0.25, 0.3) is 0 Å². The summed E-state index contributed by atoms with van der Waals surface area (Å²) in [5.41, 5.74) is 7.11.